The van der Waals surface area contributed by atoms with E-state index in [0.717, 1.165) is 19.1 Å². The molecule has 2 aliphatic rings. The number of hydrogen-bond acceptors (Lipinski definition) is 2. The van der Waals surface area contributed by atoms with Crippen molar-refractivity contribution in [1.29, 1.82) is 0 Å². The molecule has 1 saturated carbocycles. The van der Waals surface area contributed by atoms with Crippen LogP contribution in [0.1, 0.15) is 58.8 Å². The fraction of sp³-hybridized carbons (Fsp3) is 1.00. The first-order valence-corrected chi connectivity index (χ1v) is 7.57. The summed E-state index contributed by atoms with van der Waals surface area (Å²) in [6.45, 7) is 8.01. The number of hydrogen-bond donors (Lipinski definition) is 1. The first-order valence-electron chi connectivity index (χ1n) is 7.57. The van der Waals surface area contributed by atoms with Crippen LogP contribution in [0.2, 0.25) is 0 Å². The lowest BCUT2D eigenvalue weighted by Crippen LogP contribution is -2.33. The highest BCUT2D eigenvalue weighted by Gasteiger charge is 2.40. The van der Waals surface area contributed by atoms with Gasteiger partial charge >= 0.3 is 0 Å². The summed E-state index contributed by atoms with van der Waals surface area (Å²) in [4.78, 5) is 0. The van der Waals surface area contributed by atoms with E-state index in [9.17, 15) is 0 Å². The predicted molar refractivity (Wildman–Crippen MR) is 72.2 cm³/mol. The maximum absolute atomic E-state index is 5.71. The highest BCUT2D eigenvalue weighted by Crippen LogP contribution is 2.48. The van der Waals surface area contributed by atoms with Crippen LogP contribution in [0.25, 0.3) is 0 Å². The average Bonchev–Trinajstić information content (AvgIpc) is 3.07. The molecule has 1 aliphatic heterocycles. The van der Waals surface area contributed by atoms with Crippen LogP contribution in [0.4, 0.5) is 0 Å². The summed E-state index contributed by atoms with van der Waals surface area (Å²) in [6, 6.07) is 0. The second-order valence-corrected chi connectivity index (χ2v) is 6.24. The van der Waals surface area contributed by atoms with Gasteiger partial charge in [0.25, 0.3) is 0 Å². The van der Waals surface area contributed by atoms with Gasteiger partial charge in [0.05, 0.1) is 6.10 Å². The van der Waals surface area contributed by atoms with Crippen molar-refractivity contribution in [3.05, 3.63) is 0 Å². The van der Waals surface area contributed by atoms with Crippen molar-refractivity contribution in [2.45, 2.75) is 64.9 Å². The Hall–Kier alpha value is -0.0800. The van der Waals surface area contributed by atoms with Gasteiger partial charge in [0.2, 0.25) is 0 Å². The summed E-state index contributed by atoms with van der Waals surface area (Å²) in [5.74, 6) is 0.992. The Morgan fingerprint density at radius 1 is 1.29 bits per heavy atom. The maximum atomic E-state index is 5.71. The fourth-order valence-corrected chi connectivity index (χ4v) is 3.23. The topological polar surface area (TPSA) is 21.3 Å². The van der Waals surface area contributed by atoms with Crippen molar-refractivity contribution in [2.75, 3.05) is 19.7 Å². The smallest absolute Gasteiger partial charge is 0.0576 e. The van der Waals surface area contributed by atoms with Crippen molar-refractivity contribution >= 4 is 0 Å². The fourth-order valence-electron chi connectivity index (χ4n) is 3.23. The molecule has 0 aromatic heterocycles. The van der Waals surface area contributed by atoms with E-state index in [-0.39, 0.29) is 0 Å². The van der Waals surface area contributed by atoms with E-state index < -0.39 is 0 Å². The minimum atomic E-state index is 0.550. The first kappa shape index (κ1) is 13.4. The highest BCUT2D eigenvalue weighted by molar-refractivity contribution is 4.92. The molecular formula is C15H29NO. The third-order valence-corrected chi connectivity index (χ3v) is 4.64. The third-order valence-electron chi connectivity index (χ3n) is 4.64. The molecule has 0 amide bonds. The van der Waals surface area contributed by atoms with E-state index in [1.54, 1.807) is 0 Å². The van der Waals surface area contributed by atoms with Crippen molar-refractivity contribution in [2.24, 2.45) is 11.3 Å². The molecule has 0 bridgehead atoms. The van der Waals surface area contributed by atoms with E-state index in [0.29, 0.717) is 11.5 Å². The molecule has 1 N–H and O–H groups in total. The Kier molecular flexibility index (Phi) is 4.87. The van der Waals surface area contributed by atoms with Crippen molar-refractivity contribution < 1.29 is 4.74 Å². The summed E-state index contributed by atoms with van der Waals surface area (Å²) >= 11 is 0. The first-order chi connectivity index (χ1) is 8.24. The van der Waals surface area contributed by atoms with E-state index in [1.165, 1.54) is 51.5 Å². The van der Waals surface area contributed by atoms with Crippen LogP contribution in [0.15, 0.2) is 0 Å². The van der Waals surface area contributed by atoms with E-state index in [1.807, 2.05) is 0 Å². The van der Waals surface area contributed by atoms with Crippen molar-refractivity contribution in [3.8, 4) is 0 Å². The number of ether oxygens (including phenoxy) is 1. The van der Waals surface area contributed by atoms with Gasteiger partial charge in [-0.3, -0.25) is 0 Å². The molecule has 2 atom stereocenters. The quantitative estimate of drug-likeness (QED) is 0.701. The minimum absolute atomic E-state index is 0.550. The molecule has 0 aromatic carbocycles. The lowest BCUT2D eigenvalue weighted by atomic mass is 9.79. The molecule has 0 radical (unpaired) electrons. The van der Waals surface area contributed by atoms with Gasteiger partial charge in [0.1, 0.15) is 0 Å². The van der Waals surface area contributed by atoms with Crippen LogP contribution >= 0.6 is 0 Å². The summed E-state index contributed by atoms with van der Waals surface area (Å²) in [5, 5.41) is 3.56. The van der Waals surface area contributed by atoms with E-state index >= 15 is 0 Å². The van der Waals surface area contributed by atoms with Crippen molar-refractivity contribution in [1.82, 2.24) is 5.32 Å². The second-order valence-electron chi connectivity index (χ2n) is 6.24. The van der Waals surface area contributed by atoms with Crippen LogP contribution in [0.5, 0.6) is 0 Å². The van der Waals surface area contributed by atoms with Crippen LogP contribution in [0, 0.1) is 11.3 Å². The van der Waals surface area contributed by atoms with E-state index in [4.69, 9.17) is 4.74 Å². The lowest BCUT2D eigenvalue weighted by Gasteiger charge is -2.30. The molecule has 17 heavy (non-hydrogen) atoms. The SMILES string of the molecule is CCNCC(C)(CCCC1CCCO1)C1CC1. The van der Waals surface area contributed by atoms with Crippen LogP contribution in [0.3, 0.4) is 0 Å². The van der Waals surface area contributed by atoms with Gasteiger partial charge in [0, 0.05) is 13.2 Å². The lowest BCUT2D eigenvalue weighted by molar-refractivity contribution is 0.0965. The normalized spacial score (nSPS) is 28.2. The molecule has 1 aliphatic carbocycles. The molecule has 2 nitrogen and oxygen atoms in total. The van der Waals surface area contributed by atoms with Gasteiger partial charge in [0.15, 0.2) is 0 Å². The van der Waals surface area contributed by atoms with Gasteiger partial charge in [-0.1, -0.05) is 20.3 Å². The molecule has 2 heteroatoms. The molecular weight excluding hydrogens is 210 g/mol. The van der Waals surface area contributed by atoms with Gasteiger partial charge in [-0.25, -0.2) is 0 Å². The predicted octanol–water partition coefficient (Wildman–Crippen LogP) is 3.36. The van der Waals surface area contributed by atoms with Gasteiger partial charge in [-0.05, 0) is 56.4 Å². The summed E-state index contributed by atoms with van der Waals surface area (Å²) < 4.78 is 5.71. The van der Waals surface area contributed by atoms with Gasteiger partial charge < -0.3 is 10.1 Å². The Bertz CT molecular complexity index is 221. The Morgan fingerprint density at radius 3 is 2.71 bits per heavy atom. The minimum Gasteiger partial charge on any atom is -0.378 e. The standard InChI is InChI=1S/C15H29NO/c1-3-16-12-15(2,13-8-9-13)10-4-6-14-7-5-11-17-14/h13-14,16H,3-12H2,1-2H3. The van der Waals surface area contributed by atoms with Crippen LogP contribution < -0.4 is 5.32 Å². The van der Waals surface area contributed by atoms with Crippen LogP contribution in [-0.4, -0.2) is 25.8 Å². The van der Waals surface area contributed by atoms with Gasteiger partial charge in [-0.2, -0.15) is 0 Å². The second kappa shape index (κ2) is 6.19. The third kappa shape index (κ3) is 3.96. The Balaban J connectivity index is 1.69. The Morgan fingerprint density at radius 2 is 2.12 bits per heavy atom. The summed E-state index contributed by atoms with van der Waals surface area (Å²) in [7, 11) is 0. The zero-order valence-corrected chi connectivity index (χ0v) is 11.6. The number of nitrogens with one attached hydrogen (secondary N) is 1. The summed E-state index contributed by atoms with van der Waals surface area (Å²) in [5.41, 5.74) is 0.550. The molecule has 100 valence electrons. The maximum Gasteiger partial charge on any atom is 0.0576 e. The molecule has 2 unspecified atom stereocenters. The van der Waals surface area contributed by atoms with Crippen LogP contribution in [-0.2, 0) is 4.74 Å². The monoisotopic (exact) mass is 239 g/mol. The summed E-state index contributed by atoms with van der Waals surface area (Å²) in [6.07, 6.45) is 10.1. The van der Waals surface area contributed by atoms with Gasteiger partial charge in [-0.15, -0.1) is 0 Å². The molecule has 1 saturated heterocycles. The highest BCUT2D eigenvalue weighted by atomic mass is 16.5. The Labute approximate surface area is 107 Å². The molecule has 2 rings (SSSR count). The molecule has 2 fully saturated rings. The number of rotatable bonds is 8. The van der Waals surface area contributed by atoms with E-state index in [2.05, 4.69) is 19.2 Å². The average molecular weight is 239 g/mol. The molecule has 0 aromatic rings. The zero-order chi connectivity index (χ0) is 12.1. The zero-order valence-electron chi connectivity index (χ0n) is 11.6. The molecule has 1 heterocycles. The molecule has 0 spiro atoms. The largest absolute Gasteiger partial charge is 0.378 e. The van der Waals surface area contributed by atoms with Crippen molar-refractivity contribution in [3.63, 3.8) is 0 Å².